The molecule has 9 aromatic carbocycles. The van der Waals surface area contributed by atoms with Crippen LogP contribution in [0.1, 0.15) is 0 Å². The maximum atomic E-state index is 6.64. The van der Waals surface area contributed by atoms with Gasteiger partial charge in [-0.3, -0.25) is 0 Å². The molecule has 1 aromatic heterocycles. The topological polar surface area (TPSA) is 16.4 Å². The maximum absolute atomic E-state index is 6.64. The first-order valence-electron chi connectivity index (χ1n) is 17.8. The molecule has 0 N–H and O–H groups in total. The predicted molar refractivity (Wildman–Crippen MR) is 220 cm³/mol. The van der Waals surface area contributed by atoms with Crippen LogP contribution in [0.15, 0.2) is 205 Å². The van der Waals surface area contributed by atoms with E-state index >= 15 is 0 Å². The zero-order valence-electron chi connectivity index (χ0n) is 28.4. The van der Waals surface area contributed by atoms with E-state index in [1.165, 1.54) is 49.5 Å². The second kappa shape index (κ2) is 12.5. The summed E-state index contributed by atoms with van der Waals surface area (Å²) in [7, 11) is 0. The Balaban J connectivity index is 1.09. The molecule has 0 atom stereocenters. The number of fused-ring (bicyclic) bond motifs is 6. The molecule has 2 heteroatoms. The maximum Gasteiger partial charge on any atom is 0.143 e. The summed E-state index contributed by atoms with van der Waals surface area (Å²) in [5.74, 6) is 0. The van der Waals surface area contributed by atoms with Gasteiger partial charge in [0.2, 0.25) is 0 Å². The van der Waals surface area contributed by atoms with Gasteiger partial charge in [0.15, 0.2) is 0 Å². The summed E-state index contributed by atoms with van der Waals surface area (Å²) in [5, 5.41) is 7.02. The molecule has 10 rings (SSSR count). The zero-order valence-corrected chi connectivity index (χ0v) is 28.4. The van der Waals surface area contributed by atoms with Crippen LogP contribution >= 0.6 is 0 Å². The van der Waals surface area contributed by atoms with Crippen LogP contribution in [0.4, 0.5) is 17.1 Å². The molecule has 0 aliphatic carbocycles. The lowest BCUT2D eigenvalue weighted by Crippen LogP contribution is -2.10. The summed E-state index contributed by atoms with van der Waals surface area (Å²) >= 11 is 0. The van der Waals surface area contributed by atoms with Crippen LogP contribution < -0.4 is 4.90 Å². The largest absolute Gasteiger partial charge is 0.455 e. The summed E-state index contributed by atoms with van der Waals surface area (Å²) in [6, 6.07) is 71.6. The van der Waals surface area contributed by atoms with Gasteiger partial charge in [-0.15, -0.1) is 0 Å². The van der Waals surface area contributed by atoms with Gasteiger partial charge in [-0.25, -0.2) is 0 Å². The zero-order chi connectivity index (χ0) is 34.4. The molecule has 2 nitrogen and oxygen atoms in total. The fraction of sp³-hybridized carbons (Fsp3) is 0. The van der Waals surface area contributed by atoms with Gasteiger partial charge in [0.25, 0.3) is 0 Å². The van der Waals surface area contributed by atoms with E-state index < -0.39 is 0 Å². The van der Waals surface area contributed by atoms with E-state index in [9.17, 15) is 0 Å². The molecule has 10 aromatic rings. The van der Waals surface area contributed by atoms with Gasteiger partial charge in [-0.05, 0) is 92.0 Å². The van der Waals surface area contributed by atoms with Crippen LogP contribution in [0, 0.1) is 0 Å². The lowest BCUT2D eigenvalue weighted by molar-refractivity contribution is 0.672. The minimum absolute atomic E-state index is 0.871. The van der Waals surface area contributed by atoms with Crippen molar-refractivity contribution in [2.24, 2.45) is 0 Å². The van der Waals surface area contributed by atoms with Crippen LogP contribution in [0.2, 0.25) is 0 Å². The van der Waals surface area contributed by atoms with E-state index in [2.05, 4.69) is 205 Å². The summed E-state index contributed by atoms with van der Waals surface area (Å²) in [5.41, 5.74) is 12.2. The highest BCUT2D eigenvalue weighted by atomic mass is 16.3. The third kappa shape index (κ3) is 5.12. The van der Waals surface area contributed by atoms with Crippen molar-refractivity contribution >= 4 is 60.5 Å². The predicted octanol–water partition coefficient (Wildman–Crippen LogP) is 14.4. The van der Waals surface area contributed by atoms with Crippen molar-refractivity contribution < 1.29 is 4.42 Å². The standard InChI is InChI=1S/C50H33NO/c1-2-11-34(12-3-1)40-16-8-17-42(33-40)51(47-21-10-22-48-49(47)46-32-29-38-14-5-7-19-45(38)50(46)52-48)41-30-27-36(28-31-41)35-23-25-39(26-24-35)44-20-9-15-37-13-4-6-18-43(37)44/h1-33H. The fourth-order valence-electron chi connectivity index (χ4n) is 7.73. The summed E-state index contributed by atoms with van der Waals surface area (Å²) in [6.45, 7) is 0. The second-order valence-corrected chi connectivity index (χ2v) is 13.3. The van der Waals surface area contributed by atoms with Gasteiger partial charge < -0.3 is 9.32 Å². The van der Waals surface area contributed by atoms with Gasteiger partial charge in [0.1, 0.15) is 11.2 Å². The smallest absolute Gasteiger partial charge is 0.143 e. The molecule has 0 radical (unpaired) electrons. The molecule has 1 heterocycles. The normalized spacial score (nSPS) is 11.5. The number of rotatable bonds is 6. The minimum Gasteiger partial charge on any atom is -0.455 e. The summed E-state index contributed by atoms with van der Waals surface area (Å²) in [6.07, 6.45) is 0. The van der Waals surface area contributed by atoms with E-state index in [0.29, 0.717) is 0 Å². The van der Waals surface area contributed by atoms with Crippen molar-refractivity contribution in [1.82, 2.24) is 0 Å². The van der Waals surface area contributed by atoms with Gasteiger partial charge >= 0.3 is 0 Å². The van der Waals surface area contributed by atoms with E-state index in [-0.39, 0.29) is 0 Å². The average molecular weight is 664 g/mol. The van der Waals surface area contributed by atoms with Crippen molar-refractivity contribution in [2.75, 3.05) is 4.90 Å². The Kier molecular flexibility index (Phi) is 7.18. The number of furan rings is 1. The van der Waals surface area contributed by atoms with Gasteiger partial charge in [0.05, 0.1) is 11.1 Å². The van der Waals surface area contributed by atoms with Crippen molar-refractivity contribution in [3.63, 3.8) is 0 Å². The number of anilines is 3. The minimum atomic E-state index is 0.871. The Morgan fingerprint density at radius 1 is 0.346 bits per heavy atom. The van der Waals surface area contributed by atoms with Crippen LogP contribution in [-0.2, 0) is 0 Å². The second-order valence-electron chi connectivity index (χ2n) is 13.3. The molecule has 0 saturated heterocycles. The molecular formula is C50H33NO. The highest BCUT2D eigenvalue weighted by Gasteiger charge is 2.21. The van der Waals surface area contributed by atoms with Crippen molar-refractivity contribution in [2.45, 2.75) is 0 Å². The summed E-state index contributed by atoms with van der Waals surface area (Å²) < 4.78 is 6.64. The lowest BCUT2D eigenvalue weighted by atomic mass is 9.96. The van der Waals surface area contributed by atoms with Gasteiger partial charge in [-0.1, -0.05) is 158 Å². The Morgan fingerprint density at radius 2 is 0.942 bits per heavy atom. The molecule has 244 valence electrons. The molecule has 0 unspecified atom stereocenters. The molecular weight excluding hydrogens is 631 g/mol. The van der Waals surface area contributed by atoms with Crippen LogP contribution in [0.5, 0.6) is 0 Å². The van der Waals surface area contributed by atoms with E-state index in [1.54, 1.807) is 0 Å². The van der Waals surface area contributed by atoms with Crippen molar-refractivity contribution in [3.8, 4) is 33.4 Å². The van der Waals surface area contributed by atoms with E-state index in [4.69, 9.17) is 4.42 Å². The first-order valence-corrected chi connectivity index (χ1v) is 17.8. The van der Waals surface area contributed by atoms with Gasteiger partial charge in [-0.2, -0.15) is 0 Å². The molecule has 0 bridgehead atoms. The molecule has 52 heavy (non-hydrogen) atoms. The molecule has 0 aliphatic heterocycles. The van der Waals surface area contributed by atoms with Crippen LogP contribution in [0.25, 0.3) is 76.9 Å². The third-order valence-electron chi connectivity index (χ3n) is 10.3. The Morgan fingerprint density at radius 3 is 1.75 bits per heavy atom. The first kappa shape index (κ1) is 30.0. The highest BCUT2D eigenvalue weighted by molar-refractivity contribution is 6.19. The van der Waals surface area contributed by atoms with E-state index in [0.717, 1.165) is 44.4 Å². The first-order chi connectivity index (χ1) is 25.8. The molecule has 0 amide bonds. The molecule has 0 aliphatic rings. The Bertz CT molecular complexity index is 2880. The molecule has 0 fully saturated rings. The highest BCUT2D eigenvalue weighted by Crippen LogP contribution is 2.45. The Labute approximate surface area is 302 Å². The quantitative estimate of drug-likeness (QED) is 0.176. The Hall–Kier alpha value is -6.90. The van der Waals surface area contributed by atoms with E-state index in [1.807, 2.05) is 0 Å². The fourth-order valence-corrected chi connectivity index (χ4v) is 7.73. The third-order valence-corrected chi connectivity index (χ3v) is 10.3. The van der Waals surface area contributed by atoms with Gasteiger partial charge in [0, 0.05) is 22.1 Å². The van der Waals surface area contributed by atoms with Crippen LogP contribution in [-0.4, -0.2) is 0 Å². The molecule has 0 spiro atoms. The van der Waals surface area contributed by atoms with Crippen molar-refractivity contribution in [1.29, 1.82) is 0 Å². The monoisotopic (exact) mass is 663 g/mol. The van der Waals surface area contributed by atoms with Crippen LogP contribution in [0.3, 0.4) is 0 Å². The number of nitrogens with zero attached hydrogens (tertiary/aromatic N) is 1. The average Bonchev–Trinajstić information content (AvgIpc) is 3.62. The number of hydrogen-bond donors (Lipinski definition) is 0. The number of hydrogen-bond acceptors (Lipinski definition) is 2. The number of benzene rings is 9. The SMILES string of the molecule is c1ccc(-c2cccc(N(c3ccc(-c4ccc(-c5cccc6ccccc56)cc4)cc3)c3cccc4oc5c6ccccc6ccc5c34)c2)cc1. The summed E-state index contributed by atoms with van der Waals surface area (Å²) in [4.78, 5) is 2.37. The molecule has 0 saturated carbocycles. The van der Waals surface area contributed by atoms with Crippen molar-refractivity contribution in [3.05, 3.63) is 200 Å². The lowest BCUT2D eigenvalue weighted by Gasteiger charge is -2.27.